The molecule has 0 aliphatic carbocycles. The molecule has 2 aliphatic rings. The molecule has 8 heteroatoms. The number of benzene rings is 1. The van der Waals surface area contributed by atoms with Crippen LogP contribution in [0.25, 0.3) is 0 Å². The molecule has 114 valence electrons. The van der Waals surface area contributed by atoms with Crippen LogP contribution in [-0.4, -0.2) is 47.7 Å². The number of carbonyl (C=O) groups is 3. The third-order valence-corrected chi connectivity index (χ3v) is 3.78. The number of aliphatic imine (C=N–C) groups is 1. The molecule has 1 aromatic rings. The van der Waals surface area contributed by atoms with E-state index in [9.17, 15) is 14.4 Å². The van der Waals surface area contributed by atoms with Gasteiger partial charge in [-0.05, 0) is 24.3 Å². The first-order valence-corrected chi connectivity index (χ1v) is 7.15. The minimum Gasteiger partial charge on any atom is -0.353 e. The van der Waals surface area contributed by atoms with Gasteiger partial charge < -0.3 is 10.2 Å². The standard InChI is InChI=1S/C14H13ClN4O3/c15-9-3-1-8(2-4-9)12(21)18-14-17-11(20)7-10-13(22)16-5-6-19(10)14/h1-4,10H,5-7H2,(H,16,22)(H,17,18,20,21)/t10-/m1/s1. The smallest absolute Gasteiger partial charge is 0.280 e. The molecular formula is C14H13ClN4O3. The van der Waals surface area contributed by atoms with Crippen LogP contribution in [0.15, 0.2) is 29.3 Å². The van der Waals surface area contributed by atoms with Gasteiger partial charge in [0.2, 0.25) is 17.8 Å². The molecule has 0 unspecified atom stereocenters. The summed E-state index contributed by atoms with van der Waals surface area (Å²) in [6.07, 6.45) is 0.0555. The van der Waals surface area contributed by atoms with Gasteiger partial charge in [-0.2, -0.15) is 4.99 Å². The van der Waals surface area contributed by atoms with E-state index in [2.05, 4.69) is 15.6 Å². The van der Waals surface area contributed by atoms with Crippen molar-refractivity contribution in [1.82, 2.24) is 15.5 Å². The molecule has 0 bridgehead atoms. The van der Waals surface area contributed by atoms with Gasteiger partial charge in [0.15, 0.2) is 0 Å². The fourth-order valence-electron chi connectivity index (χ4n) is 2.44. The maximum atomic E-state index is 12.2. The maximum Gasteiger partial charge on any atom is 0.280 e. The van der Waals surface area contributed by atoms with Crippen LogP contribution in [0.3, 0.4) is 0 Å². The summed E-state index contributed by atoms with van der Waals surface area (Å²) in [6, 6.07) is 5.68. The van der Waals surface area contributed by atoms with Crippen molar-refractivity contribution >= 4 is 35.3 Å². The number of fused-ring (bicyclic) bond motifs is 1. The van der Waals surface area contributed by atoms with Gasteiger partial charge in [0, 0.05) is 23.7 Å². The summed E-state index contributed by atoms with van der Waals surface area (Å²) in [6.45, 7) is 0.933. The SMILES string of the molecule is O=C1C[C@@H]2C(=O)NCCN2C(=NC(=O)c2ccc(Cl)cc2)N1. The second-order valence-electron chi connectivity index (χ2n) is 5.00. The summed E-state index contributed by atoms with van der Waals surface area (Å²) in [5.74, 6) is -0.941. The number of rotatable bonds is 1. The Hall–Kier alpha value is -2.41. The Kier molecular flexibility index (Phi) is 3.81. The highest BCUT2D eigenvalue weighted by atomic mass is 35.5. The van der Waals surface area contributed by atoms with Crippen LogP contribution in [-0.2, 0) is 9.59 Å². The number of nitrogens with one attached hydrogen (secondary N) is 2. The van der Waals surface area contributed by atoms with Crippen molar-refractivity contribution in [2.45, 2.75) is 12.5 Å². The number of halogens is 1. The van der Waals surface area contributed by atoms with E-state index in [-0.39, 0.29) is 24.2 Å². The van der Waals surface area contributed by atoms with Gasteiger partial charge in [0.25, 0.3) is 5.91 Å². The van der Waals surface area contributed by atoms with Crippen LogP contribution in [0.1, 0.15) is 16.8 Å². The summed E-state index contributed by atoms with van der Waals surface area (Å²) < 4.78 is 0. The summed E-state index contributed by atoms with van der Waals surface area (Å²) in [5.41, 5.74) is 0.356. The topological polar surface area (TPSA) is 90.9 Å². The predicted molar refractivity (Wildman–Crippen MR) is 79.5 cm³/mol. The summed E-state index contributed by atoms with van der Waals surface area (Å²) >= 11 is 5.78. The molecule has 1 atom stereocenters. The number of piperazine rings is 1. The van der Waals surface area contributed by atoms with Crippen LogP contribution < -0.4 is 10.6 Å². The highest BCUT2D eigenvalue weighted by molar-refractivity contribution is 6.30. The van der Waals surface area contributed by atoms with Crippen LogP contribution in [0.2, 0.25) is 5.02 Å². The van der Waals surface area contributed by atoms with E-state index in [0.717, 1.165) is 0 Å². The lowest BCUT2D eigenvalue weighted by Crippen LogP contribution is -2.65. The molecule has 0 aromatic heterocycles. The molecule has 22 heavy (non-hydrogen) atoms. The number of hydrogen-bond donors (Lipinski definition) is 2. The monoisotopic (exact) mass is 320 g/mol. The normalized spacial score (nSPS) is 22.9. The molecule has 1 aromatic carbocycles. The number of amides is 3. The quantitative estimate of drug-likeness (QED) is 0.771. The van der Waals surface area contributed by atoms with Crippen molar-refractivity contribution in [2.75, 3.05) is 13.1 Å². The van der Waals surface area contributed by atoms with Crippen molar-refractivity contribution in [3.63, 3.8) is 0 Å². The zero-order valence-electron chi connectivity index (χ0n) is 11.5. The maximum absolute atomic E-state index is 12.2. The van der Waals surface area contributed by atoms with E-state index in [4.69, 9.17) is 11.6 Å². The van der Waals surface area contributed by atoms with E-state index in [1.807, 2.05) is 0 Å². The lowest BCUT2D eigenvalue weighted by atomic mass is 10.1. The van der Waals surface area contributed by atoms with E-state index >= 15 is 0 Å². The number of guanidine groups is 1. The van der Waals surface area contributed by atoms with E-state index in [1.165, 1.54) is 0 Å². The molecule has 2 aliphatic heterocycles. The lowest BCUT2D eigenvalue weighted by Gasteiger charge is -2.39. The van der Waals surface area contributed by atoms with Crippen LogP contribution in [0.4, 0.5) is 0 Å². The first-order valence-electron chi connectivity index (χ1n) is 6.77. The molecule has 3 rings (SSSR count). The molecular weight excluding hydrogens is 308 g/mol. The Balaban J connectivity index is 1.87. The predicted octanol–water partition coefficient (Wildman–Crippen LogP) is 0.157. The minimum absolute atomic E-state index is 0.0555. The lowest BCUT2D eigenvalue weighted by molar-refractivity contribution is -0.133. The minimum atomic E-state index is -0.612. The summed E-state index contributed by atoms with van der Waals surface area (Å²) in [4.78, 5) is 41.3. The van der Waals surface area contributed by atoms with Gasteiger partial charge in [-0.15, -0.1) is 0 Å². The highest BCUT2D eigenvalue weighted by Crippen LogP contribution is 2.15. The molecule has 2 N–H and O–H groups in total. The first-order chi connectivity index (χ1) is 10.5. The Morgan fingerprint density at radius 3 is 2.73 bits per heavy atom. The second-order valence-corrected chi connectivity index (χ2v) is 5.44. The fraction of sp³-hybridized carbons (Fsp3) is 0.286. The van der Waals surface area contributed by atoms with Crippen molar-refractivity contribution in [3.05, 3.63) is 34.9 Å². The fourth-order valence-corrected chi connectivity index (χ4v) is 2.57. The summed E-state index contributed by atoms with van der Waals surface area (Å²) in [5, 5.41) is 5.77. The van der Waals surface area contributed by atoms with Crippen LogP contribution in [0.5, 0.6) is 0 Å². The van der Waals surface area contributed by atoms with Gasteiger partial charge in [0.05, 0.1) is 6.42 Å². The number of nitrogens with zero attached hydrogens (tertiary/aromatic N) is 2. The molecule has 3 amide bonds. The van der Waals surface area contributed by atoms with Crippen LogP contribution >= 0.6 is 11.6 Å². The molecule has 2 fully saturated rings. The average molecular weight is 321 g/mol. The molecule has 0 radical (unpaired) electrons. The van der Waals surface area contributed by atoms with Crippen molar-refractivity contribution in [3.8, 4) is 0 Å². The third kappa shape index (κ3) is 2.80. The number of carbonyl (C=O) groups excluding carboxylic acids is 3. The van der Waals surface area contributed by atoms with Gasteiger partial charge in [-0.1, -0.05) is 11.6 Å². The van der Waals surface area contributed by atoms with Crippen molar-refractivity contribution < 1.29 is 14.4 Å². The largest absolute Gasteiger partial charge is 0.353 e. The molecule has 2 saturated heterocycles. The third-order valence-electron chi connectivity index (χ3n) is 3.53. The highest BCUT2D eigenvalue weighted by Gasteiger charge is 2.38. The van der Waals surface area contributed by atoms with E-state index < -0.39 is 11.9 Å². The average Bonchev–Trinajstić information content (AvgIpc) is 2.49. The zero-order valence-corrected chi connectivity index (χ0v) is 12.3. The Morgan fingerprint density at radius 2 is 2.00 bits per heavy atom. The second kappa shape index (κ2) is 5.76. The Morgan fingerprint density at radius 1 is 1.27 bits per heavy atom. The Labute approximate surface area is 131 Å². The van der Waals surface area contributed by atoms with Gasteiger partial charge in [-0.25, -0.2) is 0 Å². The molecule has 7 nitrogen and oxygen atoms in total. The molecule has 0 spiro atoms. The number of hydrogen-bond acceptors (Lipinski definition) is 3. The molecule has 0 saturated carbocycles. The van der Waals surface area contributed by atoms with Gasteiger partial charge in [-0.3, -0.25) is 19.7 Å². The van der Waals surface area contributed by atoms with Crippen molar-refractivity contribution in [2.24, 2.45) is 4.99 Å². The zero-order chi connectivity index (χ0) is 15.7. The van der Waals surface area contributed by atoms with Gasteiger partial charge >= 0.3 is 0 Å². The summed E-state index contributed by atoms with van der Waals surface area (Å²) in [7, 11) is 0. The van der Waals surface area contributed by atoms with Gasteiger partial charge in [0.1, 0.15) is 6.04 Å². The van der Waals surface area contributed by atoms with Crippen LogP contribution in [0, 0.1) is 0 Å². The Bertz CT molecular complexity index is 671. The van der Waals surface area contributed by atoms with E-state index in [0.29, 0.717) is 23.7 Å². The first kappa shape index (κ1) is 14.5. The van der Waals surface area contributed by atoms with E-state index in [1.54, 1.807) is 29.2 Å². The molecule has 2 heterocycles. The van der Waals surface area contributed by atoms with Crippen molar-refractivity contribution in [1.29, 1.82) is 0 Å².